The fourth-order valence-corrected chi connectivity index (χ4v) is 3.50. The molecule has 0 radical (unpaired) electrons. The summed E-state index contributed by atoms with van der Waals surface area (Å²) in [6.07, 6.45) is 0.281. The molecule has 1 N–H and O–H groups in total. The molecule has 0 saturated heterocycles. The molecular weight excluding hydrogens is 354 g/mol. The second-order valence-corrected chi connectivity index (χ2v) is 7.13. The fraction of sp³-hybridized carbons (Fsp3) is 0.364. The third-order valence-corrected chi connectivity index (χ3v) is 4.72. The molecule has 0 fully saturated rings. The van der Waals surface area contributed by atoms with E-state index in [-0.39, 0.29) is 30.8 Å². The lowest BCUT2D eigenvalue weighted by Crippen LogP contribution is -2.44. The third kappa shape index (κ3) is 4.70. The topological polar surface area (TPSA) is 61.9 Å². The number of nitrogens with zero attached hydrogens (tertiary/aromatic N) is 2. The SMILES string of the molecule is CCOc1ccc(CN(C)CC(=O)N2c3ccccc3NC(=O)C[C@H]2C)cc1. The molecule has 0 aromatic heterocycles. The average Bonchev–Trinajstić information content (AvgIpc) is 2.77. The summed E-state index contributed by atoms with van der Waals surface area (Å²) in [5.74, 6) is 0.750. The molecule has 1 atom stereocenters. The summed E-state index contributed by atoms with van der Waals surface area (Å²) in [5.41, 5.74) is 2.54. The fourth-order valence-electron chi connectivity index (χ4n) is 3.50. The van der Waals surface area contributed by atoms with Crippen molar-refractivity contribution in [2.45, 2.75) is 32.9 Å². The number of carbonyl (C=O) groups excluding carboxylic acids is 2. The van der Waals surface area contributed by atoms with Crippen LogP contribution >= 0.6 is 0 Å². The first-order valence-electron chi connectivity index (χ1n) is 9.59. The monoisotopic (exact) mass is 381 g/mol. The van der Waals surface area contributed by atoms with Crippen molar-refractivity contribution >= 4 is 23.2 Å². The van der Waals surface area contributed by atoms with E-state index in [0.717, 1.165) is 17.0 Å². The van der Waals surface area contributed by atoms with Gasteiger partial charge in [0.25, 0.3) is 0 Å². The van der Waals surface area contributed by atoms with Crippen molar-refractivity contribution in [2.24, 2.45) is 0 Å². The highest BCUT2D eigenvalue weighted by Gasteiger charge is 2.29. The quantitative estimate of drug-likeness (QED) is 0.834. The van der Waals surface area contributed by atoms with Gasteiger partial charge in [0.2, 0.25) is 11.8 Å². The number of ether oxygens (including phenoxy) is 1. The van der Waals surface area contributed by atoms with Crippen LogP contribution in [0.4, 0.5) is 11.4 Å². The first kappa shape index (κ1) is 19.9. The molecule has 1 aliphatic rings. The Hall–Kier alpha value is -2.86. The minimum atomic E-state index is -0.199. The Kier molecular flexibility index (Phi) is 6.31. The van der Waals surface area contributed by atoms with Crippen LogP contribution in [-0.2, 0) is 16.1 Å². The highest BCUT2D eigenvalue weighted by molar-refractivity contribution is 6.04. The van der Waals surface area contributed by atoms with Gasteiger partial charge in [-0.3, -0.25) is 14.5 Å². The van der Waals surface area contributed by atoms with Crippen LogP contribution in [0.5, 0.6) is 5.75 Å². The minimum absolute atomic E-state index is 0.0233. The number of rotatable bonds is 6. The molecule has 0 unspecified atom stereocenters. The van der Waals surface area contributed by atoms with Crippen LogP contribution in [0.25, 0.3) is 0 Å². The van der Waals surface area contributed by atoms with E-state index in [0.29, 0.717) is 18.8 Å². The number of likely N-dealkylation sites (N-methyl/N-ethyl adjacent to an activating group) is 1. The van der Waals surface area contributed by atoms with E-state index in [1.807, 2.05) is 74.3 Å². The Labute approximate surface area is 166 Å². The molecule has 3 rings (SSSR count). The maximum Gasteiger partial charge on any atom is 0.241 e. The van der Waals surface area contributed by atoms with Crippen LogP contribution in [-0.4, -0.2) is 43.0 Å². The van der Waals surface area contributed by atoms with E-state index in [1.54, 1.807) is 4.90 Å². The van der Waals surface area contributed by atoms with E-state index in [2.05, 4.69) is 5.32 Å². The Balaban J connectivity index is 1.70. The van der Waals surface area contributed by atoms with Crippen molar-refractivity contribution in [2.75, 3.05) is 30.4 Å². The van der Waals surface area contributed by atoms with Crippen LogP contribution in [0.1, 0.15) is 25.8 Å². The maximum atomic E-state index is 13.1. The molecule has 0 saturated carbocycles. The van der Waals surface area contributed by atoms with Gasteiger partial charge in [-0.05, 0) is 50.7 Å². The smallest absolute Gasteiger partial charge is 0.241 e. The van der Waals surface area contributed by atoms with Crippen molar-refractivity contribution in [3.8, 4) is 5.75 Å². The number of hydrogen-bond acceptors (Lipinski definition) is 4. The molecule has 2 amide bonds. The Morgan fingerprint density at radius 2 is 1.93 bits per heavy atom. The number of amides is 2. The molecule has 6 nitrogen and oxygen atoms in total. The van der Waals surface area contributed by atoms with Crippen LogP contribution < -0.4 is 15.0 Å². The molecule has 148 valence electrons. The lowest BCUT2D eigenvalue weighted by atomic mass is 10.1. The number of hydrogen-bond donors (Lipinski definition) is 1. The maximum absolute atomic E-state index is 13.1. The highest BCUT2D eigenvalue weighted by atomic mass is 16.5. The van der Waals surface area contributed by atoms with Crippen LogP contribution in [0, 0.1) is 0 Å². The molecule has 2 aromatic rings. The molecule has 0 spiro atoms. The van der Waals surface area contributed by atoms with Gasteiger partial charge in [0.05, 0.1) is 24.5 Å². The van der Waals surface area contributed by atoms with Gasteiger partial charge in [-0.25, -0.2) is 0 Å². The summed E-state index contributed by atoms with van der Waals surface area (Å²) in [7, 11) is 1.92. The number of para-hydroxylation sites is 2. The second-order valence-electron chi connectivity index (χ2n) is 7.13. The summed E-state index contributed by atoms with van der Waals surface area (Å²) in [6, 6.07) is 15.2. The van der Waals surface area contributed by atoms with E-state index < -0.39 is 0 Å². The lowest BCUT2D eigenvalue weighted by Gasteiger charge is -2.29. The summed E-state index contributed by atoms with van der Waals surface area (Å²) in [5, 5.41) is 2.89. The van der Waals surface area contributed by atoms with Crippen molar-refractivity contribution in [3.63, 3.8) is 0 Å². The van der Waals surface area contributed by atoms with Crippen molar-refractivity contribution < 1.29 is 14.3 Å². The van der Waals surface area contributed by atoms with Crippen LogP contribution in [0.2, 0.25) is 0 Å². The summed E-state index contributed by atoms with van der Waals surface area (Å²) in [6.45, 7) is 5.42. The molecule has 1 heterocycles. The van der Waals surface area contributed by atoms with E-state index in [4.69, 9.17) is 4.74 Å². The van der Waals surface area contributed by atoms with Gasteiger partial charge < -0.3 is 15.0 Å². The number of anilines is 2. The van der Waals surface area contributed by atoms with Gasteiger partial charge in [0.1, 0.15) is 5.75 Å². The number of fused-ring (bicyclic) bond motifs is 1. The van der Waals surface area contributed by atoms with Crippen LogP contribution in [0.15, 0.2) is 48.5 Å². The Bertz CT molecular complexity index is 835. The molecule has 6 heteroatoms. The molecule has 0 bridgehead atoms. The van der Waals surface area contributed by atoms with Gasteiger partial charge in [0.15, 0.2) is 0 Å². The Morgan fingerprint density at radius 3 is 2.64 bits per heavy atom. The zero-order chi connectivity index (χ0) is 20.1. The number of benzene rings is 2. The standard InChI is InChI=1S/C22H27N3O3/c1-4-28-18-11-9-17(10-12-18)14-24(3)15-22(27)25-16(2)13-21(26)23-19-7-5-6-8-20(19)25/h5-12,16H,4,13-15H2,1-3H3,(H,23,26)/t16-/m1/s1. The van der Waals surface area contributed by atoms with Gasteiger partial charge in [0, 0.05) is 19.0 Å². The molecular formula is C22H27N3O3. The molecule has 28 heavy (non-hydrogen) atoms. The first-order valence-corrected chi connectivity index (χ1v) is 9.59. The van der Waals surface area contributed by atoms with Gasteiger partial charge in [-0.1, -0.05) is 24.3 Å². The summed E-state index contributed by atoms with van der Waals surface area (Å²) < 4.78 is 5.47. The summed E-state index contributed by atoms with van der Waals surface area (Å²) >= 11 is 0. The first-order chi connectivity index (χ1) is 13.5. The van der Waals surface area contributed by atoms with Gasteiger partial charge in [-0.15, -0.1) is 0 Å². The van der Waals surface area contributed by atoms with Gasteiger partial charge in [-0.2, -0.15) is 0 Å². The van der Waals surface area contributed by atoms with Crippen molar-refractivity contribution in [1.82, 2.24) is 4.90 Å². The molecule has 0 aliphatic carbocycles. The largest absolute Gasteiger partial charge is 0.494 e. The number of carbonyl (C=O) groups is 2. The van der Waals surface area contributed by atoms with Crippen molar-refractivity contribution in [1.29, 1.82) is 0 Å². The third-order valence-electron chi connectivity index (χ3n) is 4.72. The zero-order valence-corrected chi connectivity index (χ0v) is 16.6. The lowest BCUT2D eigenvalue weighted by molar-refractivity contribution is -0.120. The molecule has 2 aromatic carbocycles. The van der Waals surface area contributed by atoms with E-state index in [1.165, 1.54) is 0 Å². The highest BCUT2D eigenvalue weighted by Crippen LogP contribution is 2.31. The number of nitrogens with one attached hydrogen (secondary N) is 1. The zero-order valence-electron chi connectivity index (χ0n) is 16.6. The second kappa shape index (κ2) is 8.89. The van der Waals surface area contributed by atoms with Gasteiger partial charge >= 0.3 is 0 Å². The summed E-state index contributed by atoms with van der Waals surface area (Å²) in [4.78, 5) is 28.9. The Morgan fingerprint density at radius 1 is 1.21 bits per heavy atom. The normalized spacial score (nSPS) is 16.4. The average molecular weight is 381 g/mol. The van der Waals surface area contributed by atoms with Crippen molar-refractivity contribution in [3.05, 3.63) is 54.1 Å². The van der Waals surface area contributed by atoms with E-state index >= 15 is 0 Å². The van der Waals surface area contributed by atoms with E-state index in [9.17, 15) is 9.59 Å². The minimum Gasteiger partial charge on any atom is -0.494 e. The molecule has 1 aliphatic heterocycles. The predicted octanol–water partition coefficient (Wildman–Crippen LogP) is 3.28. The predicted molar refractivity (Wildman–Crippen MR) is 111 cm³/mol. The van der Waals surface area contributed by atoms with Crippen LogP contribution in [0.3, 0.4) is 0 Å².